The number of carbonyl (C=O) groups is 1. The van der Waals surface area contributed by atoms with Gasteiger partial charge >= 0.3 is 0 Å². The third kappa shape index (κ3) is 3.39. The first-order valence-electron chi connectivity index (χ1n) is 8.45. The number of benzene rings is 1. The molecule has 1 aromatic carbocycles. The van der Waals surface area contributed by atoms with Crippen molar-refractivity contribution >= 4 is 11.6 Å². The van der Waals surface area contributed by atoms with Gasteiger partial charge in [-0.1, -0.05) is 25.1 Å². The van der Waals surface area contributed by atoms with Gasteiger partial charge in [-0.05, 0) is 43.2 Å². The van der Waals surface area contributed by atoms with Crippen molar-refractivity contribution in [3.05, 3.63) is 41.6 Å². The van der Waals surface area contributed by atoms with E-state index < -0.39 is 0 Å². The highest BCUT2D eigenvalue weighted by molar-refractivity contribution is 6.08. The van der Waals surface area contributed by atoms with Crippen molar-refractivity contribution in [2.24, 2.45) is 5.92 Å². The molecule has 4 nitrogen and oxygen atoms in total. The Balaban J connectivity index is 1.80. The van der Waals surface area contributed by atoms with Gasteiger partial charge in [0, 0.05) is 31.5 Å². The fourth-order valence-electron chi connectivity index (χ4n) is 3.36. The second kappa shape index (κ2) is 6.87. The summed E-state index contributed by atoms with van der Waals surface area (Å²) in [4.78, 5) is 16.7. The summed E-state index contributed by atoms with van der Waals surface area (Å²) in [5, 5.41) is 9.47. The first kappa shape index (κ1) is 15.6. The molecule has 0 spiro atoms. The van der Waals surface area contributed by atoms with Crippen LogP contribution in [0.15, 0.2) is 36.0 Å². The van der Waals surface area contributed by atoms with E-state index in [9.17, 15) is 10.1 Å². The standard InChI is InChI=1S/C19H23N3O/c1-15-8-11-21(12-9-15)14-17(13-20)19(23)22-10-4-6-16-5-2-3-7-18(16)22/h2-3,5,7,14-15H,4,6,8-12H2,1H3/b17-14-. The molecule has 2 aliphatic heterocycles. The molecule has 1 fully saturated rings. The number of amides is 1. The van der Waals surface area contributed by atoms with Crippen molar-refractivity contribution in [2.75, 3.05) is 24.5 Å². The lowest BCUT2D eigenvalue weighted by Gasteiger charge is -2.31. The van der Waals surface area contributed by atoms with Crippen LogP contribution >= 0.6 is 0 Å². The van der Waals surface area contributed by atoms with Crippen LogP contribution in [-0.2, 0) is 11.2 Å². The van der Waals surface area contributed by atoms with E-state index in [4.69, 9.17) is 0 Å². The molecular weight excluding hydrogens is 286 g/mol. The molecule has 0 aliphatic carbocycles. The smallest absolute Gasteiger partial charge is 0.270 e. The lowest BCUT2D eigenvalue weighted by Crippen LogP contribution is -2.37. The van der Waals surface area contributed by atoms with Gasteiger partial charge in [-0.2, -0.15) is 5.26 Å². The van der Waals surface area contributed by atoms with Crippen LogP contribution in [0.4, 0.5) is 5.69 Å². The zero-order chi connectivity index (χ0) is 16.2. The number of fused-ring (bicyclic) bond motifs is 1. The maximum Gasteiger partial charge on any atom is 0.270 e. The Morgan fingerprint density at radius 2 is 2.00 bits per heavy atom. The van der Waals surface area contributed by atoms with Crippen LogP contribution in [0.25, 0.3) is 0 Å². The quantitative estimate of drug-likeness (QED) is 0.623. The predicted octanol–water partition coefficient (Wildman–Crippen LogP) is 3.11. The van der Waals surface area contributed by atoms with E-state index in [2.05, 4.69) is 24.0 Å². The van der Waals surface area contributed by atoms with Crippen molar-refractivity contribution in [1.29, 1.82) is 5.26 Å². The van der Waals surface area contributed by atoms with Crippen LogP contribution < -0.4 is 4.90 Å². The lowest BCUT2D eigenvalue weighted by molar-refractivity contribution is -0.114. The van der Waals surface area contributed by atoms with Crippen LogP contribution in [0.1, 0.15) is 31.7 Å². The number of nitrogens with zero attached hydrogens (tertiary/aromatic N) is 3. The SMILES string of the molecule is CC1CCN(/C=C(/C#N)C(=O)N2CCCc3ccccc32)CC1. The molecule has 1 amide bonds. The normalized spacial score (nSPS) is 19.2. The molecule has 1 aromatic rings. The summed E-state index contributed by atoms with van der Waals surface area (Å²) in [6.07, 6.45) is 5.95. The summed E-state index contributed by atoms with van der Waals surface area (Å²) in [5.74, 6) is 0.563. The molecule has 1 saturated heterocycles. The molecule has 0 N–H and O–H groups in total. The monoisotopic (exact) mass is 309 g/mol. The van der Waals surface area contributed by atoms with Crippen molar-refractivity contribution < 1.29 is 4.79 Å². The zero-order valence-electron chi connectivity index (χ0n) is 13.7. The first-order chi connectivity index (χ1) is 11.2. The summed E-state index contributed by atoms with van der Waals surface area (Å²) in [6, 6.07) is 10.1. The highest BCUT2D eigenvalue weighted by Crippen LogP contribution is 2.28. The summed E-state index contributed by atoms with van der Waals surface area (Å²) in [6.45, 7) is 4.79. The van der Waals surface area contributed by atoms with E-state index in [1.807, 2.05) is 18.2 Å². The minimum absolute atomic E-state index is 0.168. The van der Waals surface area contributed by atoms with Gasteiger partial charge in [0.05, 0.1) is 0 Å². The largest absolute Gasteiger partial charge is 0.376 e. The van der Waals surface area contributed by atoms with E-state index in [1.54, 1.807) is 11.1 Å². The van der Waals surface area contributed by atoms with E-state index in [0.717, 1.165) is 50.4 Å². The second-order valence-electron chi connectivity index (χ2n) is 6.56. The average Bonchev–Trinajstić information content (AvgIpc) is 2.60. The molecule has 23 heavy (non-hydrogen) atoms. The molecule has 0 saturated carbocycles. The number of rotatable bonds is 2. The molecule has 2 aliphatic rings. The van der Waals surface area contributed by atoms with Gasteiger partial charge in [0.2, 0.25) is 0 Å². The van der Waals surface area contributed by atoms with E-state index in [0.29, 0.717) is 6.54 Å². The molecule has 0 radical (unpaired) electrons. The van der Waals surface area contributed by atoms with E-state index >= 15 is 0 Å². The number of likely N-dealkylation sites (tertiary alicyclic amines) is 1. The van der Waals surface area contributed by atoms with Crippen LogP contribution in [0.5, 0.6) is 0 Å². The summed E-state index contributed by atoms with van der Waals surface area (Å²) in [5.41, 5.74) is 2.39. The van der Waals surface area contributed by atoms with Crippen LogP contribution in [-0.4, -0.2) is 30.4 Å². The predicted molar refractivity (Wildman–Crippen MR) is 90.8 cm³/mol. The molecule has 0 atom stereocenters. The Hall–Kier alpha value is -2.28. The van der Waals surface area contributed by atoms with Gasteiger partial charge in [0.1, 0.15) is 11.6 Å². The van der Waals surface area contributed by atoms with Crippen LogP contribution in [0.3, 0.4) is 0 Å². The summed E-state index contributed by atoms with van der Waals surface area (Å²) in [7, 11) is 0. The molecule has 2 heterocycles. The van der Waals surface area contributed by atoms with Crippen molar-refractivity contribution in [3.63, 3.8) is 0 Å². The van der Waals surface area contributed by atoms with Crippen LogP contribution in [0.2, 0.25) is 0 Å². The molecule has 3 rings (SSSR count). The fraction of sp³-hybridized carbons (Fsp3) is 0.474. The highest BCUT2D eigenvalue weighted by Gasteiger charge is 2.25. The third-order valence-corrected chi connectivity index (χ3v) is 4.84. The number of para-hydroxylation sites is 1. The Bertz CT molecular complexity index is 651. The molecule has 120 valence electrons. The van der Waals surface area contributed by atoms with E-state index in [1.165, 1.54) is 5.56 Å². The summed E-state index contributed by atoms with van der Waals surface area (Å²) >= 11 is 0. The maximum absolute atomic E-state index is 12.8. The number of hydrogen-bond donors (Lipinski definition) is 0. The molecule has 0 aromatic heterocycles. The number of carbonyl (C=O) groups excluding carboxylic acids is 1. The number of piperidine rings is 1. The fourth-order valence-corrected chi connectivity index (χ4v) is 3.36. The first-order valence-corrected chi connectivity index (χ1v) is 8.45. The van der Waals surface area contributed by atoms with Crippen molar-refractivity contribution in [3.8, 4) is 6.07 Å². The molecule has 0 bridgehead atoms. The Morgan fingerprint density at radius 3 is 2.74 bits per heavy atom. The number of nitriles is 1. The van der Waals surface area contributed by atoms with Gasteiger partial charge < -0.3 is 9.80 Å². The lowest BCUT2D eigenvalue weighted by atomic mass is 9.99. The van der Waals surface area contributed by atoms with Crippen LogP contribution in [0, 0.1) is 17.2 Å². The minimum Gasteiger partial charge on any atom is -0.376 e. The zero-order valence-corrected chi connectivity index (χ0v) is 13.7. The second-order valence-corrected chi connectivity index (χ2v) is 6.56. The highest BCUT2D eigenvalue weighted by atomic mass is 16.2. The number of hydrogen-bond acceptors (Lipinski definition) is 3. The molecule has 0 unspecified atom stereocenters. The molecular formula is C19H23N3O. The van der Waals surface area contributed by atoms with Gasteiger partial charge in [-0.3, -0.25) is 4.79 Å². The average molecular weight is 309 g/mol. The Morgan fingerprint density at radius 1 is 1.26 bits per heavy atom. The van der Waals surface area contributed by atoms with Gasteiger partial charge in [-0.15, -0.1) is 0 Å². The third-order valence-electron chi connectivity index (χ3n) is 4.84. The van der Waals surface area contributed by atoms with Gasteiger partial charge in [-0.25, -0.2) is 0 Å². The Kier molecular flexibility index (Phi) is 4.66. The van der Waals surface area contributed by atoms with Gasteiger partial charge in [0.25, 0.3) is 5.91 Å². The Labute approximate surface area is 138 Å². The van der Waals surface area contributed by atoms with Crippen molar-refractivity contribution in [1.82, 2.24) is 4.90 Å². The number of anilines is 1. The van der Waals surface area contributed by atoms with Gasteiger partial charge in [0.15, 0.2) is 0 Å². The van der Waals surface area contributed by atoms with E-state index in [-0.39, 0.29) is 11.5 Å². The summed E-state index contributed by atoms with van der Waals surface area (Å²) < 4.78 is 0. The topological polar surface area (TPSA) is 47.3 Å². The minimum atomic E-state index is -0.168. The van der Waals surface area contributed by atoms with Crippen molar-refractivity contribution in [2.45, 2.75) is 32.6 Å². The number of aryl methyl sites for hydroxylation is 1. The molecule has 4 heteroatoms. The maximum atomic E-state index is 12.8.